The number of hydrogen-bond acceptors (Lipinski definition) is 5. The fourth-order valence-electron chi connectivity index (χ4n) is 0.421. The Balaban J connectivity index is 2.45. The summed E-state index contributed by atoms with van der Waals surface area (Å²) in [6.07, 6.45) is 2.72. The summed E-state index contributed by atoms with van der Waals surface area (Å²) in [5, 5.41) is 0.130. The number of hydrazine groups is 1. The normalized spacial score (nSPS) is 8.73. The molecule has 0 aromatic carbocycles. The molecule has 1 heterocycles. The van der Waals surface area contributed by atoms with Gasteiger partial charge in [0, 0.05) is 0 Å². The zero-order chi connectivity index (χ0) is 8.10. The van der Waals surface area contributed by atoms with E-state index in [4.69, 9.17) is 5.73 Å². The molecule has 0 unspecified atom stereocenters. The summed E-state index contributed by atoms with van der Waals surface area (Å²) in [4.78, 5) is 11.1. The van der Waals surface area contributed by atoms with Crippen molar-refractivity contribution in [2.75, 3.05) is 5.43 Å². The van der Waals surface area contributed by atoms with Crippen LogP contribution in [-0.2, 0) is 0 Å². The minimum atomic E-state index is 0.130. The second-order valence-corrected chi connectivity index (χ2v) is 2.02. The van der Waals surface area contributed by atoms with Gasteiger partial charge in [-0.05, 0) is 12.2 Å². The van der Waals surface area contributed by atoms with Crippen molar-refractivity contribution >= 4 is 23.3 Å². The van der Waals surface area contributed by atoms with Gasteiger partial charge in [0.05, 0.1) is 0 Å². The molecule has 0 radical (unpaired) electrons. The molecule has 0 fully saturated rings. The molecule has 4 N–H and O–H groups in total. The molecule has 6 nitrogen and oxygen atoms in total. The van der Waals surface area contributed by atoms with Gasteiger partial charge in [0.25, 0.3) is 0 Å². The maximum atomic E-state index is 5.13. The summed E-state index contributed by atoms with van der Waals surface area (Å²) in [7, 11) is 0. The lowest BCUT2D eigenvalue weighted by Gasteiger charge is -2.03. The summed E-state index contributed by atoms with van der Waals surface area (Å²) in [6, 6.07) is 0. The van der Waals surface area contributed by atoms with E-state index in [1.54, 1.807) is 0 Å². The van der Waals surface area contributed by atoms with Crippen LogP contribution in [0.2, 0.25) is 0 Å². The standard InChI is InChI=1S/C4H6N6S/c5-3(11)9-10-4-7-1-6-2-8-4/h1-2H,(H3,5,9,11)(H,6,7,8,10). The number of nitrogens with one attached hydrogen (secondary N) is 2. The molecule has 0 aliphatic heterocycles. The van der Waals surface area contributed by atoms with E-state index >= 15 is 0 Å². The lowest BCUT2D eigenvalue weighted by Crippen LogP contribution is -2.34. The second kappa shape index (κ2) is 3.62. The van der Waals surface area contributed by atoms with Crippen LogP contribution in [0.5, 0.6) is 0 Å². The van der Waals surface area contributed by atoms with Gasteiger partial charge in [0.1, 0.15) is 12.7 Å². The zero-order valence-electron chi connectivity index (χ0n) is 5.48. The quantitative estimate of drug-likeness (QED) is 0.389. The van der Waals surface area contributed by atoms with Gasteiger partial charge in [-0.1, -0.05) is 0 Å². The van der Waals surface area contributed by atoms with Crippen LogP contribution in [0.1, 0.15) is 0 Å². The van der Waals surface area contributed by atoms with Gasteiger partial charge in [0.2, 0.25) is 5.95 Å². The summed E-state index contributed by atoms with van der Waals surface area (Å²) >= 11 is 4.53. The average molecular weight is 170 g/mol. The highest BCUT2D eigenvalue weighted by molar-refractivity contribution is 7.80. The van der Waals surface area contributed by atoms with Crippen LogP contribution in [0, 0.1) is 0 Å². The van der Waals surface area contributed by atoms with Gasteiger partial charge in [0.15, 0.2) is 5.11 Å². The molecule has 0 spiro atoms. The molecule has 0 atom stereocenters. The number of aromatic nitrogens is 3. The molecule has 1 rings (SSSR count). The molecule has 0 aliphatic carbocycles. The number of nitrogens with two attached hydrogens (primary N) is 1. The molecule has 58 valence electrons. The summed E-state index contributed by atoms with van der Waals surface area (Å²) in [5.41, 5.74) is 10.2. The third-order valence-corrected chi connectivity index (χ3v) is 0.893. The van der Waals surface area contributed by atoms with Crippen molar-refractivity contribution in [2.45, 2.75) is 0 Å². The van der Waals surface area contributed by atoms with Gasteiger partial charge in [-0.25, -0.2) is 4.98 Å². The smallest absolute Gasteiger partial charge is 0.244 e. The van der Waals surface area contributed by atoms with Crippen LogP contribution in [0.3, 0.4) is 0 Å². The topological polar surface area (TPSA) is 88.8 Å². The predicted molar refractivity (Wildman–Crippen MR) is 43.4 cm³/mol. The molecule has 1 aromatic rings. The number of hydrogen-bond donors (Lipinski definition) is 3. The Morgan fingerprint density at radius 1 is 1.45 bits per heavy atom. The Kier molecular flexibility index (Phi) is 2.50. The van der Waals surface area contributed by atoms with E-state index in [0.29, 0.717) is 5.95 Å². The Bertz CT molecular complexity index is 236. The van der Waals surface area contributed by atoms with Crippen molar-refractivity contribution < 1.29 is 0 Å². The van der Waals surface area contributed by atoms with E-state index in [9.17, 15) is 0 Å². The van der Waals surface area contributed by atoms with E-state index in [0.717, 1.165) is 0 Å². The summed E-state index contributed by atoms with van der Waals surface area (Å²) < 4.78 is 0. The Morgan fingerprint density at radius 3 is 2.64 bits per heavy atom. The number of thiocarbonyl (C=S) groups is 1. The molecule has 0 saturated heterocycles. The first-order valence-corrected chi connectivity index (χ1v) is 3.13. The first kappa shape index (κ1) is 7.61. The van der Waals surface area contributed by atoms with Crippen molar-refractivity contribution in [3.05, 3.63) is 12.7 Å². The first-order chi connectivity index (χ1) is 5.29. The maximum absolute atomic E-state index is 5.13. The molecule has 0 saturated carbocycles. The largest absolute Gasteiger partial charge is 0.375 e. The van der Waals surface area contributed by atoms with Crippen LogP contribution in [-0.4, -0.2) is 20.1 Å². The summed E-state index contributed by atoms with van der Waals surface area (Å²) in [5.74, 6) is 0.368. The molecule has 11 heavy (non-hydrogen) atoms. The Labute approximate surface area is 68.2 Å². The molecular formula is C4H6N6S. The monoisotopic (exact) mass is 170 g/mol. The Hall–Kier alpha value is -1.50. The van der Waals surface area contributed by atoms with Gasteiger partial charge < -0.3 is 5.73 Å². The minimum Gasteiger partial charge on any atom is -0.375 e. The highest BCUT2D eigenvalue weighted by Crippen LogP contribution is 1.86. The third kappa shape index (κ3) is 2.72. The highest BCUT2D eigenvalue weighted by Gasteiger charge is 1.90. The number of nitrogens with zero attached hydrogens (tertiary/aromatic N) is 3. The maximum Gasteiger partial charge on any atom is 0.244 e. The van der Waals surface area contributed by atoms with Gasteiger partial charge in [-0.3, -0.25) is 10.9 Å². The van der Waals surface area contributed by atoms with Crippen molar-refractivity contribution in [3.63, 3.8) is 0 Å². The second-order valence-electron chi connectivity index (χ2n) is 1.58. The van der Waals surface area contributed by atoms with Gasteiger partial charge in [-0.15, -0.1) is 0 Å². The molecule has 1 aromatic heterocycles. The number of anilines is 1. The summed E-state index contributed by atoms with van der Waals surface area (Å²) in [6.45, 7) is 0. The lowest BCUT2D eigenvalue weighted by atomic mass is 10.9. The van der Waals surface area contributed by atoms with E-state index in [-0.39, 0.29) is 5.11 Å². The van der Waals surface area contributed by atoms with E-state index in [1.165, 1.54) is 12.7 Å². The first-order valence-electron chi connectivity index (χ1n) is 2.72. The molecular weight excluding hydrogens is 164 g/mol. The van der Waals surface area contributed by atoms with Gasteiger partial charge in [-0.2, -0.15) is 9.97 Å². The predicted octanol–water partition coefficient (Wildman–Crippen LogP) is -0.968. The average Bonchev–Trinajstić information content (AvgIpc) is 2.03. The van der Waals surface area contributed by atoms with Gasteiger partial charge >= 0.3 is 0 Å². The zero-order valence-corrected chi connectivity index (χ0v) is 6.30. The molecule has 0 aliphatic rings. The highest BCUT2D eigenvalue weighted by atomic mass is 32.1. The molecule has 0 amide bonds. The molecule has 7 heteroatoms. The molecule has 0 bridgehead atoms. The van der Waals surface area contributed by atoms with Crippen molar-refractivity contribution in [1.82, 2.24) is 20.4 Å². The van der Waals surface area contributed by atoms with E-state index in [2.05, 4.69) is 38.0 Å². The van der Waals surface area contributed by atoms with Crippen LogP contribution >= 0.6 is 12.2 Å². The van der Waals surface area contributed by atoms with E-state index < -0.39 is 0 Å². The number of rotatable bonds is 2. The van der Waals surface area contributed by atoms with Crippen LogP contribution in [0.15, 0.2) is 12.7 Å². The van der Waals surface area contributed by atoms with Crippen LogP contribution in [0.25, 0.3) is 0 Å². The van der Waals surface area contributed by atoms with Crippen molar-refractivity contribution in [3.8, 4) is 0 Å². The van der Waals surface area contributed by atoms with Crippen LogP contribution < -0.4 is 16.6 Å². The van der Waals surface area contributed by atoms with Crippen molar-refractivity contribution in [1.29, 1.82) is 0 Å². The van der Waals surface area contributed by atoms with Crippen molar-refractivity contribution in [2.24, 2.45) is 5.73 Å². The lowest BCUT2D eigenvalue weighted by molar-refractivity contribution is 0.986. The SMILES string of the molecule is NC(=S)NNc1ncncn1. The Morgan fingerprint density at radius 2 is 2.09 bits per heavy atom. The van der Waals surface area contributed by atoms with E-state index in [1.807, 2.05) is 0 Å². The minimum absolute atomic E-state index is 0.130. The fraction of sp³-hybridized carbons (Fsp3) is 0. The fourth-order valence-corrected chi connectivity index (χ4v) is 0.472. The third-order valence-electron chi connectivity index (χ3n) is 0.791. The van der Waals surface area contributed by atoms with Crippen LogP contribution in [0.4, 0.5) is 5.95 Å².